The van der Waals surface area contributed by atoms with Crippen LogP contribution in [0.4, 0.5) is 0 Å². The van der Waals surface area contributed by atoms with Crippen LogP contribution < -0.4 is 4.74 Å². The van der Waals surface area contributed by atoms with Crippen molar-refractivity contribution in [2.45, 2.75) is 12.6 Å². The fourth-order valence-electron chi connectivity index (χ4n) is 3.61. The highest BCUT2D eigenvalue weighted by atomic mass is 16.6. The topological polar surface area (TPSA) is 43.3 Å². The lowest BCUT2D eigenvalue weighted by atomic mass is 9.95. The molecule has 2 aliphatic rings. The van der Waals surface area contributed by atoms with Gasteiger partial charge in [-0.3, -0.25) is 4.90 Å². The van der Waals surface area contributed by atoms with Crippen molar-refractivity contribution in [1.29, 1.82) is 0 Å². The minimum absolute atomic E-state index is 0.168. The van der Waals surface area contributed by atoms with Crippen LogP contribution >= 0.6 is 0 Å². The quantitative estimate of drug-likeness (QED) is 0.719. The number of methoxy groups -OCH3 is 1. The van der Waals surface area contributed by atoms with E-state index in [0.717, 1.165) is 31.1 Å². The first kappa shape index (κ1) is 17.1. The molecule has 0 bridgehead atoms. The lowest BCUT2D eigenvalue weighted by molar-refractivity contribution is 0.0745. The molecule has 2 aliphatic heterocycles. The zero-order valence-corrected chi connectivity index (χ0v) is 15.0. The monoisotopic (exact) mass is 352 g/mol. The second-order valence-electron chi connectivity index (χ2n) is 6.77. The summed E-state index contributed by atoms with van der Waals surface area (Å²) in [5.41, 5.74) is 3.53. The fourth-order valence-corrected chi connectivity index (χ4v) is 3.61. The highest BCUT2D eigenvalue weighted by molar-refractivity contribution is 6.03. The van der Waals surface area contributed by atoms with E-state index in [-0.39, 0.29) is 6.10 Å². The van der Waals surface area contributed by atoms with Crippen LogP contribution in [0.5, 0.6) is 5.75 Å². The third-order valence-electron chi connectivity index (χ3n) is 4.93. The number of likely N-dealkylation sites (tertiary alicyclic amines) is 1. The van der Waals surface area contributed by atoms with Gasteiger partial charge in [-0.1, -0.05) is 47.6 Å². The Morgan fingerprint density at radius 2 is 1.85 bits per heavy atom. The van der Waals surface area contributed by atoms with Gasteiger partial charge in [0.25, 0.3) is 0 Å². The molecule has 0 spiro atoms. The molecule has 0 aromatic heterocycles. The highest BCUT2D eigenvalue weighted by Crippen LogP contribution is 2.31. The summed E-state index contributed by atoms with van der Waals surface area (Å²) in [4.78, 5) is 8.14. The van der Waals surface area contributed by atoms with Crippen molar-refractivity contribution >= 4 is 5.71 Å². The van der Waals surface area contributed by atoms with Gasteiger partial charge < -0.3 is 14.3 Å². The fraction of sp³-hybridized carbons (Fsp3) is 0.381. The Morgan fingerprint density at radius 3 is 2.62 bits per heavy atom. The maximum Gasteiger partial charge on any atom is 0.149 e. The molecule has 0 aliphatic carbocycles. The maximum absolute atomic E-state index is 5.70. The average molecular weight is 352 g/mol. The van der Waals surface area contributed by atoms with Gasteiger partial charge in [0.15, 0.2) is 0 Å². The summed E-state index contributed by atoms with van der Waals surface area (Å²) in [6.07, 6.45) is 0.168. The summed E-state index contributed by atoms with van der Waals surface area (Å²) in [6, 6.07) is 18.6. The maximum atomic E-state index is 5.70. The van der Waals surface area contributed by atoms with Gasteiger partial charge in [0.1, 0.15) is 18.5 Å². The number of hydrogen-bond acceptors (Lipinski definition) is 5. The summed E-state index contributed by atoms with van der Waals surface area (Å²) >= 11 is 0. The molecule has 0 radical (unpaired) electrons. The largest absolute Gasteiger partial charge is 0.491 e. The van der Waals surface area contributed by atoms with Gasteiger partial charge in [0.2, 0.25) is 0 Å². The molecule has 4 rings (SSSR count). The molecule has 136 valence electrons. The normalized spacial score (nSPS) is 22.0. The molecule has 2 heterocycles. The molecule has 2 aromatic rings. The van der Waals surface area contributed by atoms with E-state index in [1.165, 1.54) is 11.1 Å². The molecule has 2 atom stereocenters. The van der Waals surface area contributed by atoms with Crippen molar-refractivity contribution in [3.63, 3.8) is 0 Å². The van der Waals surface area contributed by atoms with E-state index in [1.807, 2.05) is 30.3 Å². The van der Waals surface area contributed by atoms with E-state index in [0.29, 0.717) is 19.1 Å². The molecule has 1 saturated heterocycles. The number of rotatable bonds is 7. The third-order valence-corrected chi connectivity index (χ3v) is 4.93. The Morgan fingerprint density at radius 1 is 1.04 bits per heavy atom. The van der Waals surface area contributed by atoms with Gasteiger partial charge >= 0.3 is 0 Å². The van der Waals surface area contributed by atoms with Gasteiger partial charge in [-0.2, -0.15) is 0 Å². The number of fused-ring (bicyclic) bond motifs is 1. The van der Waals surface area contributed by atoms with E-state index in [9.17, 15) is 0 Å². The molecule has 0 amide bonds. The minimum atomic E-state index is 0.168. The van der Waals surface area contributed by atoms with Gasteiger partial charge in [-0.05, 0) is 23.3 Å². The molecular weight excluding hydrogens is 328 g/mol. The van der Waals surface area contributed by atoms with Gasteiger partial charge in [0, 0.05) is 26.7 Å². The summed E-state index contributed by atoms with van der Waals surface area (Å²) in [7, 11) is 1.68. The molecule has 2 aromatic carbocycles. The second kappa shape index (κ2) is 7.89. The average Bonchev–Trinajstić information content (AvgIpc) is 3.24. The summed E-state index contributed by atoms with van der Waals surface area (Å²) in [5, 5.41) is 4.34. The van der Waals surface area contributed by atoms with E-state index >= 15 is 0 Å². The van der Waals surface area contributed by atoms with Crippen LogP contribution in [0, 0.1) is 5.92 Å². The molecule has 2 unspecified atom stereocenters. The number of oxime groups is 1. The molecule has 26 heavy (non-hydrogen) atoms. The Bertz CT molecular complexity index is 746. The first-order chi connectivity index (χ1) is 12.8. The predicted molar refractivity (Wildman–Crippen MR) is 100 cm³/mol. The van der Waals surface area contributed by atoms with Crippen LogP contribution in [-0.4, -0.2) is 50.1 Å². The Hall–Kier alpha value is -2.37. The minimum Gasteiger partial charge on any atom is -0.491 e. The van der Waals surface area contributed by atoms with E-state index < -0.39 is 0 Å². The molecule has 0 N–H and O–H groups in total. The van der Waals surface area contributed by atoms with Gasteiger partial charge in [0.05, 0.1) is 18.2 Å². The van der Waals surface area contributed by atoms with E-state index in [1.54, 1.807) is 7.11 Å². The Balaban J connectivity index is 1.34. The Kier molecular flexibility index (Phi) is 5.18. The number of nitrogens with zero attached hydrogens (tertiary/aromatic N) is 2. The number of benzene rings is 2. The standard InChI is InChI=1S/C21H24N2O3/c1-24-11-12-25-18-9-7-16(8-10-18)13-23-14-19-20(15-23)26-22-21(19)17-5-3-2-4-6-17/h2-10,19-20H,11-15H2,1H3. The summed E-state index contributed by atoms with van der Waals surface area (Å²) in [5.74, 6) is 1.24. The van der Waals surface area contributed by atoms with Crippen molar-refractivity contribution in [2.24, 2.45) is 11.1 Å². The zero-order chi connectivity index (χ0) is 17.8. The van der Waals surface area contributed by atoms with Crippen molar-refractivity contribution < 1.29 is 14.3 Å². The number of hydrogen-bond donors (Lipinski definition) is 0. The van der Waals surface area contributed by atoms with Crippen LogP contribution in [0.25, 0.3) is 0 Å². The smallest absolute Gasteiger partial charge is 0.149 e. The summed E-state index contributed by atoms with van der Waals surface area (Å²) in [6.45, 7) is 3.98. The van der Waals surface area contributed by atoms with Crippen molar-refractivity contribution in [2.75, 3.05) is 33.4 Å². The van der Waals surface area contributed by atoms with Gasteiger partial charge in [-0.25, -0.2) is 0 Å². The first-order valence-corrected chi connectivity index (χ1v) is 9.05. The van der Waals surface area contributed by atoms with Crippen LogP contribution in [-0.2, 0) is 16.1 Å². The van der Waals surface area contributed by atoms with Crippen LogP contribution in [0.3, 0.4) is 0 Å². The predicted octanol–water partition coefficient (Wildman–Crippen LogP) is 2.95. The second-order valence-corrected chi connectivity index (χ2v) is 6.77. The number of ether oxygens (including phenoxy) is 2. The highest BCUT2D eigenvalue weighted by Gasteiger charge is 2.42. The Labute approximate surface area is 154 Å². The van der Waals surface area contributed by atoms with Crippen LogP contribution in [0.1, 0.15) is 11.1 Å². The van der Waals surface area contributed by atoms with Crippen molar-refractivity contribution in [3.8, 4) is 5.75 Å². The van der Waals surface area contributed by atoms with E-state index in [2.05, 4.69) is 34.3 Å². The van der Waals surface area contributed by atoms with Gasteiger partial charge in [-0.15, -0.1) is 0 Å². The first-order valence-electron chi connectivity index (χ1n) is 9.05. The van der Waals surface area contributed by atoms with Crippen molar-refractivity contribution in [3.05, 3.63) is 65.7 Å². The molecule has 0 saturated carbocycles. The lowest BCUT2D eigenvalue weighted by Gasteiger charge is -2.16. The van der Waals surface area contributed by atoms with Crippen LogP contribution in [0.15, 0.2) is 59.8 Å². The van der Waals surface area contributed by atoms with Crippen molar-refractivity contribution in [1.82, 2.24) is 4.90 Å². The van der Waals surface area contributed by atoms with Crippen LogP contribution in [0.2, 0.25) is 0 Å². The zero-order valence-electron chi connectivity index (χ0n) is 15.0. The molecule has 1 fully saturated rings. The molecule has 5 heteroatoms. The molecule has 5 nitrogen and oxygen atoms in total. The van der Waals surface area contributed by atoms with E-state index in [4.69, 9.17) is 14.3 Å². The lowest BCUT2D eigenvalue weighted by Crippen LogP contribution is -2.23. The SMILES string of the molecule is COCCOc1ccc(CN2CC3ON=C(c4ccccc4)C3C2)cc1. The molecular formula is C21H24N2O3. The third kappa shape index (κ3) is 3.74. The summed E-state index contributed by atoms with van der Waals surface area (Å²) < 4.78 is 10.6.